The van der Waals surface area contributed by atoms with Gasteiger partial charge in [-0.15, -0.1) is 0 Å². The molecule has 1 aromatic rings. The van der Waals surface area contributed by atoms with Crippen LogP contribution in [0.5, 0.6) is 0 Å². The molecule has 0 saturated heterocycles. The molecule has 0 atom stereocenters. The predicted octanol–water partition coefficient (Wildman–Crippen LogP) is 0.300. The van der Waals surface area contributed by atoms with E-state index in [2.05, 4.69) is 11.2 Å². The maximum absolute atomic E-state index is 11.1. The molecule has 0 aliphatic heterocycles. The maximum Gasteiger partial charge on any atom is 0.237 e. The number of aromatic nitrogens is 2. The van der Waals surface area contributed by atoms with Crippen molar-refractivity contribution in [3.05, 3.63) is 11.3 Å². The van der Waals surface area contributed by atoms with Gasteiger partial charge in [-0.2, -0.15) is 10.4 Å². The molecule has 92 valence electrons. The average molecular weight is 235 g/mol. The Morgan fingerprint density at radius 1 is 1.65 bits per heavy atom. The number of aryl methyl sites for hydroxylation is 2. The standard InChI is InChI=1S/C11H17N5O/c1-7(2)16(6-10(13)17)11-9(5-12)8(3)14-15(11)4/h7H,6H2,1-4H3,(H2,13,17). The van der Waals surface area contributed by atoms with Crippen LogP contribution in [0.1, 0.15) is 25.1 Å². The van der Waals surface area contributed by atoms with Gasteiger partial charge in [-0.1, -0.05) is 0 Å². The number of hydrogen-bond acceptors (Lipinski definition) is 4. The Labute approximate surface area is 101 Å². The van der Waals surface area contributed by atoms with Crippen molar-refractivity contribution in [1.29, 1.82) is 5.26 Å². The largest absolute Gasteiger partial charge is 0.368 e. The molecule has 0 spiro atoms. The zero-order chi connectivity index (χ0) is 13.2. The first-order chi connectivity index (χ1) is 7.88. The molecule has 0 radical (unpaired) electrons. The summed E-state index contributed by atoms with van der Waals surface area (Å²) in [4.78, 5) is 12.9. The van der Waals surface area contributed by atoms with Gasteiger partial charge < -0.3 is 10.6 Å². The second kappa shape index (κ2) is 4.87. The Kier molecular flexibility index (Phi) is 3.73. The number of carbonyl (C=O) groups is 1. The number of carbonyl (C=O) groups excluding carboxylic acids is 1. The molecule has 6 heteroatoms. The van der Waals surface area contributed by atoms with Crippen LogP contribution in [-0.2, 0) is 11.8 Å². The zero-order valence-electron chi connectivity index (χ0n) is 10.6. The molecular weight excluding hydrogens is 218 g/mol. The van der Waals surface area contributed by atoms with Crippen molar-refractivity contribution < 1.29 is 4.79 Å². The second-order valence-corrected chi connectivity index (χ2v) is 4.21. The first-order valence-corrected chi connectivity index (χ1v) is 5.37. The van der Waals surface area contributed by atoms with E-state index in [4.69, 9.17) is 11.0 Å². The summed E-state index contributed by atoms with van der Waals surface area (Å²) >= 11 is 0. The van der Waals surface area contributed by atoms with E-state index in [1.807, 2.05) is 13.8 Å². The fourth-order valence-electron chi connectivity index (χ4n) is 1.78. The van der Waals surface area contributed by atoms with E-state index in [-0.39, 0.29) is 12.6 Å². The summed E-state index contributed by atoms with van der Waals surface area (Å²) in [5.41, 5.74) is 6.36. The van der Waals surface area contributed by atoms with E-state index in [0.717, 1.165) is 0 Å². The van der Waals surface area contributed by atoms with E-state index >= 15 is 0 Å². The van der Waals surface area contributed by atoms with E-state index in [1.165, 1.54) is 0 Å². The Balaban J connectivity index is 3.28. The molecule has 0 aliphatic rings. The lowest BCUT2D eigenvalue weighted by Gasteiger charge is -2.27. The quantitative estimate of drug-likeness (QED) is 0.813. The first-order valence-electron chi connectivity index (χ1n) is 5.37. The summed E-state index contributed by atoms with van der Waals surface area (Å²) in [5, 5.41) is 13.3. The highest BCUT2D eigenvalue weighted by Gasteiger charge is 2.22. The van der Waals surface area contributed by atoms with Gasteiger partial charge in [0.15, 0.2) is 0 Å². The maximum atomic E-state index is 11.1. The van der Waals surface area contributed by atoms with E-state index in [0.29, 0.717) is 17.1 Å². The molecule has 1 rings (SSSR count). The third kappa shape index (κ3) is 2.56. The van der Waals surface area contributed by atoms with Gasteiger partial charge in [0.05, 0.1) is 12.2 Å². The Hall–Kier alpha value is -2.03. The molecule has 0 saturated carbocycles. The van der Waals surface area contributed by atoms with Crippen LogP contribution in [0.4, 0.5) is 5.82 Å². The van der Waals surface area contributed by atoms with Crippen molar-refractivity contribution in [2.24, 2.45) is 12.8 Å². The fraction of sp³-hybridized carbons (Fsp3) is 0.545. The molecule has 1 amide bonds. The predicted molar refractivity (Wildman–Crippen MR) is 64.3 cm³/mol. The molecule has 17 heavy (non-hydrogen) atoms. The fourth-order valence-corrected chi connectivity index (χ4v) is 1.78. The van der Waals surface area contributed by atoms with Gasteiger partial charge in [0, 0.05) is 13.1 Å². The highest BCUT2D eigenvalue weighted by Crippen LogP contribution is 2.23. The summed E-state index contributed by atoms with van der Waals surface area (Å²) in [6.45, 7) is 5.72. The van der Waals surface area contributed by atoms with E-state index in [1.54, 1.807) is 23.6 Å². The van der Waals surface area contributed by atoms with Crippen LogP contribution >= 0.6 is 0 Å². The highest BCUT2D eigenvalue weighted by atomic mass is 16.1. The average Bonchev–Trinajstić information content (AvgIpc) is 2.48. The van der Waals surface area contributed by atoms with Gasteiger partial charge in [0.25, 0.3) is 0 Å². The molecule has 2 N–H and O–H groups in total. The van der Waals surface area contributed by atoms with Crippen molar-refractivity contribution in [2.45, 2.75) is 26.8 Å². The summed E-state index contributed by atoms with van der Waals surface area (Å²) in [6.07, 6.45) is 0. The summed E-state index contributed by atoms with van der Waals surface area (Å²) in [6, 6.07) is 2.18. The molecule has 6 nitrogen and oxygen atoms in total. The number of nitriles is 1. The minimum Gasteiger partial charge on any atom is -0.368 e. The number of nitrogens with two attached hydrogens (primary N) is 1. The molecule has 0 aliphatic carbocycles. The van der Waals surface area contributed by atoms with Crippen LogP contribution < -0.4 is 10.6 Å². The van der Waals surface area contributed by atoms with Gasteiger partial charge in [-0.05, 0) is 20.8 Å². The van der Waals surface area contributed by atoms with Gasteiger partial charge in [-0.3, -0.25) is 9.48 Å². The Morgan fingerprint density at radius 3 is 2.65 bits per heavy atom. The SMILES string of the molecule is Cc1nn(C)c(N(CC(N)=O)C(C)C)c1C#N. The van der Waals surface area contributed by atoms with Crippen molar-refractivity contribution in [1.82, 2.24) is 9.78 Å². The number of nitrogens with zero attached hydrogens (tertiary/aromatic N) is 4. The van der Waals surface area contributed by atoms with Crippen LogP contribution in [0.3, 0.4) is 0 Å². The third-order valence-corrected chi connectivity index (χ3v) is 2.53. The minimum atomic E-state index is -0.429. The molecule has 1 aromatic heterocycles. The Bertz CT molecular complexity index is 469. The van der Waals surface area contributed by atoms with Crippen molar-refractivity contribution >= 4 is 11.7 Å². The minimum absolute atomic E-state index is 0.0596. The van der Waals surface area contributed by atoms with Crippen LogP contribution in [0, 0.1) is 18.3 Å². The molecule has 1 heterocycles. The first kappa shape index (κ1) is 13.0. The number of amides is 1. The summed E-state index contributed by atoms with van der Waals surface area (Å²) in [5.74, 6) is 0.209. The van der Waals surface area contributed by atoms with Gasteiger partial charge >= 0.3 is 0 Å². The molecule has 0 unspecified atom stereocenters. The summed E-state index contributed by atoms with van der Waals surface area (Å²) < 4.78 is 1.61. The van der Waals surface area contributed by atoms with Crippen LogP contribution in [-0.4, -0.2) is 28.3 Å². The number of primary amides is 1. The lowest BCUT2D eigenvalue weighted by Crippen LogP contribution is -2.40. The lowest BCUT2D eigenvalue weighted by atomic mass is 10.2. The zero-order valence-corrected chi connectivity index (χ0v) is 10.6. The van der Waals surface area contributed by atoms with Gasteiger partial charge in [0.2, 0.25) is 5.91 Å². The van der Waals surface area contributed by atoms with Crippen molar-refractivity contribution in [3.8, 4) is 6.07 Å². The number of rotatable bonds is 4. The monoisotopic (exact) mass is 235 g/mol. The van der Waals surface area contributed by atoms with Crippen molar-refractivity contribution in [2.75, 3.05) is 11.4 Å². The Morgan fingerprint density at radius 2 is 2.24 bits per heavy atom. The van der Waals surface area contributed by atoms with E-state index < -0.39 is 5.91 Å². The normalized spacial score (nSPS) is 10.4. The van der Waals surface area contributed by atoms with E-state index in [9.17, 15) is 4.79 Å². The topological polar surface area (TPSA) is 87.9 Å². The summed E-state index contributed by atoms with van der Waals surface area (Å²) in [7, 11) is 1.75. The number of anilines is 1. The third-order valence-electron chi connectivity index (χ3n) is 2.53. The molecule has 0 aromatic carbocycles. The molecule has 0 fully saturated rings. The van der Waals surface area contributed by atoms with Crippen LogP contribution in [0.15, 0.2) is 0 Å². The number of hydrogen-bond donors (Lipinski definition) is 1. The second-order valence-electron chi connectivity index (χ2n) is 4.21. The smallest absolute Gasteiger partial charge is 0.237 e. The highest BCUT2D eigenvalue weighted by molar-refractivity contribution is 5.80. The molecular formula is C11H17N5O. The van der Waals surface area contributed by atoms with Gasteiger partial charge in [-0.25, -0.2) is 0 Å². The van der Waals surface area contributed by atoms with Crippen LogP contribution in [0.25, 0.3) is 0 Å². The van der Waals surface area contributed by atoms with Gasteiger partial charge in [0.1, 0.15) is 17.5 Å². The lowest BCUT2D eigenvalue weighted by molar-refractivity contribution is -0.116. The van der Waals surface area contributed by atoms with Crippen LogP contribution in [0.2, 0.25) is 0 Å². The van der Waals surface area contributed by atoms with Crippen molar-refractivity contribution in [3.63, 3.8) is 0 Å². The molecule has 0 bridgehead atoms.